The molecule has 4 rings (SSSR count). The van der Waals surface area contributed by atoms with E-state index in [4.69, 9.17) is 19.9 Å². The van der Waals surface area contributed by atoms with Gasteiger partial charge in [-0.3, -0.25) is 4.90 Å². The first-order valence-corrected chi connectivity index (χ1v) is 10.1. The second-order valence-corrected chi connectivity index (χ2v) is 7.20. The lowest BCUT2D eigenvalue weighted by atomic mass is 10.1. The summed E-state index contributed by atoms with van der Waals surface area (Å²) in [7, 11) is 0. The van der Waals surface area contributed by atoms with Gasteiger partial charge in [0.25, 0.3) is 0 Å². The molecular formula is C22H29IN4O3. The fourth-order valence-electron chi connectivity index (χ4n) is 3.46. The number of aliphatic imine (C=N–C) groups is 1. The first-order chi connectivity index (χ1) is 14.3. The first kappa shape index (κ1) is 22.6. The number of hydrogen-bond acceptors (Lipinski definition) is 5. The Balaban J connectivity index is 0.00000256. The largest absolute Gasteiger partial charge is 0.490 e. The van der Waals surface area contributed by atoms with Crippen molar-refractivity contribution in [2.75, 3.05) is 44.8 Å². The minimum atomic E-state index is 0. The molecule has 8 heteroatoms. The van der Waals surface area contributed by atoms with E-state index in [0.29, 0.717) is 25.7 Å². The van der Waals surface area contributed by atoms with Crippen molar-refractivity contribution in [3.05, 3.63) is 53.6 Å². The number of guanidine groups is 1. The molecule has 2 aromatic rings. The van der Waals surface area contributed by atoms with Crippen molar-refractivity contribution in [3.63, 3.8) is 0 Å². The molecule has 0 amide bonds. The van der Waals surface area contributed by atoms with Gasteiger partial charge < -0.3 is 25.3 Å². The molecule has 0 unspecified atom stereocenters. The Morgan fingerprint density at radius 3 is 2.50 bits per heavy atom. The van der Waals surface area contributed by atoms with Crippen molar-refractivity contribution < 1.29 is 14.2 Å². The van der Waals surface area contributed by atoms with Gasteiger partial charge in [0.2, 0.25) is 0 Å². The normalized spacial score (nSPS) is 17.0. The fourth-order valence-corrected chi connectivity index (χ4v) is 3.46. The van der Waals surface area contributed by atoms with E-state index in [9.17, 15) is 0 Å². The Morgan fingerprint density at radius 1 is 0.967 bits per heavy atom. The van der Waals surface area contributed by atoms with Crippen molar-refractivity contribution in [1.29, 1.82) is 0 Å². The van der Waals surface area contributed by atoms with Gasteiger partial charge in [-0.1, -0.05) is 24.3 Å². The van der Waals surface area contributed by atoms with Crippen LogP contribution in [0.4, 0.5) is 5.69 Å². The first-order valence-electron chi connectivity index (χ1n) is 10.1. The number of ether oxygens (including phenoxy) is 3. The Labute approximate surface area is 194 Å². The molecule has 0 aliphatic carbocycles. The summed E-state index contributed by atoms with van der Waals surface area (Å²) in [5, 5.41) is 3.15. The monoisotopic (exact) mass is 524 g/mol. The topological polar surface area (TPSA) is 81.3 Å². The average Bonchev–Trinajstić information content (AvgIpc) is 2.99. The molecule has 2 heterocycles. The fraction of sp³-hybridized carbons (Fsp3) is 0.409. The number of halogens is 1. The zero-order valence-corrected chi connectivity index (χ0v) is 19.3. The van der Waals surface area contributed by atoms with E-state index in [-0.39, 0.29) is 24.0 Å². The zero-order chi connectivity index (χ0) is 19.9. The van der Waals surface area contributed by atoms with Crippen molar-refractivity contribution in [2.24, 2.45) is 10.7 Å². The summed E-state index contributed by atoms with van der Waals surface area (Å²) in [5.74, 6) is 1.87. The van der Waals surface area contributed by atoms with Gasteiger partial charge in [-0.25, -0.2) is 4.99 Å². The van der Waals surface area contributed by atoms with E-state index in [2.05, 4.69) is 33.4 Å². The van der Waals surface area contributed by atoms with E-state index in [1.807, 2.05) is 24.3 Å². The van der Waals surface area contributed by atoms with E-state index in [0.717, 1.165) is 56.5 Å². The molecule has 2 aliphatic heterocycles. The van der Waals surface area contributed by atoms with Crippen LogP contribution in [0.1, 0.15) is 17.5 Å². The maximum absolute atomic E-state index is 6.13. The van der Waals surface area contributed by atoms with Crippen LogP contribution >= 0.6 is 24.0 Å². The smallest absolute Gasteiger partial charge is 0.193 e. The predicted molar refractivity (Wildman–Crippen MR) is 129 cm³/mol. The quantitative estimate of drug-likeness (QED) is 0.355. The van der Waals surface area contributed by atoms with Crippen LogP contribution in [0.15, 0.2) is 47.5 Å². The van der Waals surface area contributed by atoms with Gasteiger partial charge in [0.05, 0.1) is 33.0 Å². The van der Waals surface area contributed by atoms with Crippen molar-refractivity contribution in [3.8, 4) is 11.5 Å². The number of anilines is 1. The number of morpholine rings is 1. The molecule has 3 N–H and O–H groups in total. The molecule has 0 atom stereocenters. The number of hydrogen-bond donors (Lipinski definition) is 2. The Hall–Kier alpha value is -2.04. The van der Waals surface area contributed by atoms with Gasteiger partial charge >= 0.3 is 0 Å². The van der Waals surface area contributed by atoms with Crippen molar-refractivity contribution in [2.45, 2.75) is 19.5 Å². The Kier molecular flexibility index (Phi) is 8.59. The minimum Gasteiger partial charge on any atom is -0.490 e. The van der Waals surface area contributed by atoms with Crippen molar-refractivity contribution in [1.82, 2.24) is 4.90 Å². The molecule has 1 fully saturated rings. The average molecular weight is 524 g/mol. The molecule has 2 aliphatic rings. The summed E-state index contributed by atoms with van der Waals surface area (Å²) in [4.78, 5) is 6.95. The van der Waals surface area contributed by atoms with Crippen LogP contribution < -0.4 is 20.5 Å². The molecule has 0 saturated carbocycles. The van der Waals surface area contributed by atoms with Crippen LogP contribution in [0.3, 0.4) is 0 Å². The number of benzene rings is 2. The Bertz CT molecular complexity index is 856. The van der Waals surface area contributed by atoms with Crippen LogP contribution in [-0.4, -0.2) is 50.4 Å². The van der Waals surface area contributed by atoms with Crippen LogP contribution in [0.25, 0.3) is 0 Å². The lowest BCUT2D eigenvalue weighted by molar-refractivity contribution is 0.0341. The molecule has 162 valence electrons. The summed E-state index contributed by atoms with van der Waals surface area (Å²) in [6.07, 6.45) is 0.880. The van der Waals surface area contributed by atoms with Crippen LogP contribution in [0.5, 0.6) is 11.5 Å². The Morgan fingerprint density at radius 2 is 1.70 bits per heavy atom. The molecule has 2 aromatic carbocycles. The van der Waals surface area contributed by atoms with E-state index >= 15 is 0 Å². The van der Waals surface area contributed by atoms with Gasteiger partial charge in [-0.05, 0) is 23.3 Å². The highest BCUT2D eigenvalue weighted by molar-refractivity contribution is 14.0. The SMILES string of the molecule is I.NC(=NCc1ccccc1CN1CCOCC1)Nc1ccc2c(c1)OCCCO2. The van der Waals surface area contributed by atoms with E-state index in [1.54, 1.807) is 0 Å². The molecular weight excluding hydrogens is 495 g/mol. The lowest BCUT2D eigenvalue weighted by Gasteiger charge is -2.27. The standard InChI is InChI=1S/C22H28N4O3.HI/c23-22(25-19-6-7-20-21(14-19)29-11-3-10-28-20)24-15-17-4-1-2-5-18(17)16-26-8-12-27-13-9-26;/h1-2,4-7,14H,3,8-13,15-16H2,(H3,23,24,25);1H. The third-order valence-corrected chi connectivity index (χ3v) is 5.06. The molecule has 1 saturated heterocycles. The number of nitrogens with zero attached hydrogens (tertiary/aromatic N) is 2. The zero-order valence-electron chi connectivity index (χ0n) is 17.0. The number of nitrogens with two attached hydrogens (primary N) is 1. The second-order valence-electron chi connectivity index (χ2n) is 7.20. The maximum Gasteiger partial charge on any atom is 0.193 e. The van der Waals surface area contributed by atoms with Gasteiger partial charge in [0, 0.05) is 37.8 Å². The highest BCUT2D eigenvalue weighted by Crippen LogP contribution is 2.32. The highest BCUT2D eigenvalue weighted by atomic mass is 127. The molecule has 0 bridgehead atoms. The molecule has 7 nitrogen and oxygen atoms in total. The third kappa shape index (κ3) is 6.23. The highest BCUT2D eigenvalue weighted by Gasteiger charge is 2.13. The summed E-state index contributed by atoms with van der Waals surface area (Å²) in [5.41, 5.74) is 9.43. The second kappa shape index (κ2) is 11.4. The lowest BCUT2D eigenvalue weighted by Crippen LogP contribution is -2.35. The summed E-state index contributed by atoms with van der Waals surface area (Å²) >= 11 is 0. The third-order valence-electron chi connectivity index (χ3n) is 5.06. The predicted octanol–water partition coefficient (Wildman–Crippen LogP) is 3.22. The maximum atomic E-state index is 6.13. The minimum absolute atomic E-state index is 0. The van der Waals surface area contributed by atoms with Crippen LogP contribution in [-0.2, 0) is 17.8 Å². The summed E-state index contributed by atoms with van der Waals surface area (Å²) in [6, 6.07) is 14.1. The van der Waals surface area contributed by atoms with Gasteiger partial charge in [0.15, 0.2) is 17.5 Å². The number of rotatable bonds is 5. The summed E-state index contributed by atoms with van der Waals surface area (Å²) in [6.45, 7) is 6.29. The van der Waals surface area contributed by atoms with Gasteiger partial charge in [-0.15, -0.1) is 24.0 Å². The number of fused-ring (bicyclic) bond motifs is 1. The van der Waals surface area contributed by atoms with Gasteiger partial charge in [0.1, 0.15) is 0 Å². The van der Waals surface area contributed by atoms with Crippen molar-refractivity contribution >= 4 is 35.6 Å². The molecule has 0 aromatic heterocycles. The van der Waals surface area contributed by atoms with E-state index < -0.39 is 0 Å². The van der Waals surface area contributed by atoms with Crippen LogP contribution in [0, 0.1) is 0 Å². The molecule has 0 spiro atoms. The summed E-state index contributed by atoms with van der Waals surface area (Å²) < 4.78 is 16.8. The van der Waals surface area contributed by atoms with E-state index in [1.165, 1.54) is 11.1 Å². The van der Waals surface area contributed by atoms with Gasteiger partial charge in [-0.2, -0.15) is 0 Å². The molecule has 30 heavy (non-hydrogen) atoms. The van der Waals surface area contributed by atoms with Crippen LogP contribution in [0.2, 0.25) is 0 Å². The molecule has 0 radical (unpaired) electrons. The number of nitrogens with one attached hydrogen (secondary N) is 1.